The summed E-state index contributed by atoms with van der Waals surface area (Å²) in [5, 5.41) is -0.187. The van der Waals surface area contributed by atoms with Crippen LogP contribution in [0.15, 0.2) is 46.9 Å². The molecule has 3 rings (SSSR count). The molecule has 1 unspecified atom stereocenters. The van der Waals surface area contributed by atoms with Crippen LogP contribution in [0.4, 0.5) is 8.78 Å². The number of carbonyl (C=O) groups excluding carboxylic acids is 1. The molecular weight excluding hydrogens is 372 g/mol. The molecule has 0 saturated carbocycles. The number of hydrogen-bond acceptors (Lipinski definition) is 2. The average molecular weight is 384 g/mol. The van der Waals surface area contributed by atoms with Gasteiger partial charge in [-0.15, -0.1) is 11.8 Å². The van der Waals surface area contributed by atoms with Crippen LogP contribution < -0.4 is 0 Å². The van der Waals surface area contributed by atoms with Crippen LogP contribution in [0.2, 0.25) is 0 Å². The van der Waals surface area contributed by atoms with Gasteiger partial charge in [-0.3, -0.25) is 4.79 Å². The van der Waals surface area contributed by atoms with Gasteiger partial charge in [0.05, 0.1) is 10.2 Å². The minimum absolute atomic E-state index is 0.000270. The smallest absolute Gasteiger partial charge is 0.234 e. The fourth-order valence-corrected chi connectivity index (χ4v) is 3.97. The second kappa shape index (κ2) is 6.38. The number of amides is 1. The summed E-state index contributed by atoms with van der Waals surface area (Å²) in [6.45, 7) is 0.337. The van der Waals surface area contributed by atoms with Crippen molar-refractivity contribution in [3.63, 3.8) is 0 Å². The maximum atomic E-state index is 13.4. The molecule has 22 heavy (non-hydrogen) atoms. The van der Waals surface area contributed by atoms with Crippen molar-refractivity contribution >= 4 is 33.6 Å². The van der Waals surface area contributed by atoms with E-state index in [2.05, 4.69) is 15.9 Å². The Kier molecular flexibility index (Phi) is 4.49. The van der Waals surface area contributed by atoms with E-state index >= 15 is 0 Å². The predicted octanol–water partition coefficient (Wildman–Crippen LogP) is 4.50. The number of nitrogens with zero attached hydrogens (tertiary/aromatic N) is 1. The lowest BCUT2D eigenvalue weighted by atomic mass is 10.1. The van der Waals surface area contributed by atoms with Crippen LogP contribution in [0, 0.1) is 11.6 Å². The molecule has 1 heterocycles. The minimum Gasteiger partial charge on any atom is -0.322 e. The molecule has 0 aromatic heterocycles. The van der Waals surface area contributed by atoms with Crippen LogP contribution in [-0.4, -0.2) is 16.6 Å². The van der Waals surface area contributed by atoms with E-state index < -0.39 is 0 Å². The minimum atomic E-state index is -0.338. The molecule has 1 saturated heterocycles. The molecule has 1 fully saturated rings. The first-order chi connectivity index (χ1) is 10.5. The first kappa shape index (κ1) is 15.5. The zero-order chi connectivity index (χ0) is 15.7. The fraction of sp³-hybridized carbons (Fsp3) is 0.188. The molecule has 0 N–H and O–H groups in total. The average Bonchev–Trinajstić information content (AvgIpc) is 2.83. The van der Waals surface area contributed by atoms with Crippen molar-refractivity contribution in [1.82, 2.24) is 4.90 Å². The van der Waals surface area contributed by atoms with Crippen molar-refractivity contribution in [3.8, 4) is 0 Å². The number of rotatable bonds is 3. The highest BCUT2D eigenvalue weighted by atomic mass is 79.9. The second-order valence-corrected chi connectivity index (χ2v) is 6.91. The van der Waals surface area contributed by atoms with Crippen LogP contribution >= 0.6 is 27.7 Å². The van der Waals surface area contributed by atoms with E-state index in [0.717, 1.165) is 11.1 Å². The number of hydrogen-bond donors (Lipinski definition) is 0. The molecule has 1 aliphatic heterocycles. The van der Waals surface area contributed by atoms with Gasteiger partial charge in [-0.2, -0.15) is 0 Å². The van der Waals surface area contributed by atoms with Crippen molar-refractivity contribution in [2.45, 2.75) is 11.9 Å². The van der Waals surface area contributed by atoms with Crippen LogP contribution in [-0.2, 0) is 11.3 Å². The normalized spacial score (nSPS) is 18.0. The number of halogens is 3. The molecule has 6 heteroatoms. The first-order valence-electron chi connectivity index (χ1n) is 6.65. The van der Waals surface area contributed by atoms with Gasteiger partial charge >= 0.3 is 0 Å². The Morgan fingerprint density at radius 1 is 1.23 bits per heavy atom. The number of benzene rings is 2. The maximum absolute atomic E-state index is 13.4. The lowest BCUT2D eigenvalue weighted by Gasteiger charge is -2.24. The predicted molar refractivity (Wildman–Crippen MR) is 86.2 cm³/mol. The van der Waals surface area contributed by atoms with Gasteiger partial charge in [0.1, 0.15) is 17.0 Å². The van der Waals surface area contributed by atoms with Gasteiger partial charge < -0.3 is 4.90 Å². The zero-order valence-corrected chi connectivity index (χ0v) is 13.8. The topological polar surface area (TPSA) is 20.3 Å². The highest BCUT2D eigenvalue weighted by molar-refractivity contribution is 9.10. The van der Waals surface area contributed by atoms with E-state index in [1.807, 2.05) is 0 Å². The van der Waals surface area contributed by atoms with E-state index in [4.69, 9.17) is 0 Å². The zero-order valence-electron chi connectivity index (χ0n) is 11.4. The molecule has 0 aliphatic carbocycles. The van der Waals surface area contributed by atoms with Gasteiger partial charge in [-0.25, -0.2) is 8.78 Å². The highest BCUT2D eigenvalue weighted by Gasteiger charge is 2.33. The van der Waals surface area contributed by atoms with Gasteiger partial charge in [-0.1, -0.05) is 18.2 Å². The lowest BCUT2D eigenvalue weighted by Crippen LogP contribution is -2.27. The van der Waals surface area contributed by atoms with Crippen molar-refractivity contribution in [2.24, 2.45) is 0 Å². The highest BCUT2D eigenvalue weighted by Crippen LogP contribution is 2.40. The van der Waals surface area contributed by atoms with Crippen molar-refractivity contribution in [1.29, 1.82) is 0 Å². The van der Waals surface area contributed by atoms with Crippen LogP contribution in [0.5, 0.6) is 0 Å². The summed E-state index contributed by atoms with van der Waals surface area (Å²) in [4.78, 5) is 13.8. The molecule has 1 aliphatic rings. The quantitative estimate of drug-likeness (QED) is 0.777. The van der Waals surface area contributed by atoms with Crippen LogP contribution in [0.1, 0.15) is 16.5 Å². The Labute approximate surface area is 139 Å². The van der Waals surface area contributed by atoms with E-state index in [1.54, 1.807) is 29.2 Å². The number of carbonyl (C=O) groups is 1. The standard InChI is InChI=1S/C16H12BrF2NOS/c17-13-7-11(4-5-14(13)19)16-20(15(21)9-22-16)8-10-2-1-3-12(18)6-10/h1-7,16H,8-9H2. The van der Waals surface area contributed by atoms with Gasteiger partial charge in [-0.05, 0) is 51.3 Å². The molecule has 2 aromatic rings. The summed E-state index contributed by atoms with van der Waals surface area (Å²) in [6.07, 6.45) is 0. The lowest BCUT2D eigenvalue weighted by molar-refractivity contribution is -0.128. The summed E-state index contributed by atoms with van der Waals surface area (Å²) in [6, 6.07) is 11.0. The van der Waals surface area contributed by atoms with Crippen molar-refractivity contribution in [2.75, 3.05) is 5.75 Å². The first-order valence-corrected chi connectivity index (χ1v) is 8.49. The van der Waals surface area contributed by atoms with Crippen molar-refractivity contribution in [3.05, 3.63) is 69.7 Å². The van der Waals surface area contributed by atoms with E-state index in [1.165, 1.54) is 30.0 Å². The second-order valence-electron chi connectivity index (χ2n) is 4.99. The third-order valence-electron chi connectivity index (χ3n) is 3.44. The summed E-state index contributed by atoms with van der Waals surface area (Å²) in [5.74, 6) is -0.290. The molecule has 2 nitrogen and oxygen atoms in total. The Bertz CT molecular complexity index is 725. The van der Waals surface area contributed by atoms with Gasteiger partial charge in [0.2, 0.25) is 5.91 Å². The summed E-state index contributed by atoms with van der Waals surface area (Å²) in [7, 11) is 0. The van der Waals surface area contributed by atoms with E-state index in [0.29, 0.717) is 16.8 Å². The molecule has 0 spiro atoms. The molecule has 114 valence electrons. The van der Waals surface area contributed by atoms with Crippen molar-refractivity contribution < 1.29 is 13.6 Å². The molecule has 1 atom stereocenters. The SMILES string of the molecule is O=C1CSC(c2ccc(F)c(Br)c2)N1Cc1cccc(F)c1. The van der Waals surface area contributed by atoms with Crippen LogP contribution in [0.3, 0.4) is 0 Å². The Morgan fingerprint density at radius 2 is 2.05 bits per heavy atom. The Hall–Kier alpha value is -1.40. The Morgan fingerprint density at radius 3 is 2.77 bits per heavy atom. The molecule has 0 bridgehead atoms. The monoisotopic (exact) mass is 383 g/mol. The summed E-state index contributed by atoms with van der Waals surface area (Å²) in [5.41, 5.74) is 1.59. The fourth-order valence-electron chi connectivity index (χ4n) is 2.40. The largest absolute Gasteiger partial charge is 0.322 e. The maximum Gasteiger partial charge on any atom is 0.234 e. The van der Waals surface area contributed by atoms with E-state index in [-0.39, 0.29) is 22.9 Å². The van der Waals surface area contributed by atoms with Gasteiger partial charge in [0.25, 0.3) is 0 Å². The Balaban J connectivity index is 1.87. The molecule has 2 aromatic carbocycles. The third-order valence-corrected chi connectivity index (χ3v) is 5.30. The summed E-state index contributed by atoms with van der Waals surface area (Å²) < 4.78 is 27.0. The van der Waals surface area contributed by atoms with Gasteiger partial charge in [0, 0.05) is 6.54 Å². The van der Waals surface area contributed by atoms with E-state index in [9.17, 15) is 13.6 Å². The van der Waals surface area contributed by atoms with Crippen LogP contribution in [0.25, 0.3) is 0 Å². The van der Waals surface area contributed by atoms with Gasteiger partial charge in [0.15, 0.2) is 0 Å². The molecular formula is C16H12BrF2NOS. The molecule has 0 radical (unpaired) electrons. The summed E-state index contributed by atoms with van der Waals surface area (Å²) >= 11 is 4.66. The number of thioether (sulfide) groups is 1. The molecule has 1 amide bonds. The third kappa shape index (κ3) is 3.17.